The molecule has 1 saturated heterocycles. The van der Waals surface area contributed by atoms with E-state index in [0.29, 0.717) is 0 Å². The molecule has 4 heteroatoms. The molecule has 1 heterocycles. The van der Waals surface area contributed by atoms with Crippen molar-refractivity contribution in [2.75, 3.05) is 6.67 Å². The fraction of sp³-hybridized carbons (Fsp3) is 1.00. The summed E-state index contributed by atoms with van der Waals surface area (Å²) in [6.45, 7) is 0.741. The van der Waals surface area contributed by atoms with Gasteiger partial charge < -0.3 is 0 Å². The molecule has 0 aromatic heterocycles. The quantitative estimate of drug-likeness (QED) is 0.315. The molecule has 2 N–H and O–H groups in total. The molecule has 0 saturated carbocycles. The molecule has 0 spiro atoms. The van der Waals surface area contributed by atoms with E-state index >= 15 is 0 Å². The largest absolute Gasteiger partial charge is 0.223 e. The van der Waals surface area contributed by atoms with Gasteiger partial charge in [-0.15, -0.1) is 0 Å². The van der Waals surface area contributed by atoms with E-state index in [1.165, 1.54) is 12.2 Å². The van der Waals surface area contributed by atoms with E-state index in [0.717, 1.165) is 6.67 Å². The Morgan fingerprint density at radius 2 is 2.80 bits per heavy atom. The smallest absolute Gasteiger partial charge is 0.103 e. The van der Waals surface area contributed by atoms with E-state index in [1.807, 2.05) is 0 Å². The minimum Gasteiger partial charge on any atom is -0.223 e. The van der Waals surface area contributed by atoms with Crippen molar-refractivity contribution < 1.29 is 4.28 Å². The van der Waals surface area contributed by atoms with Crippen molar-refractivity contribution in [3.63, 3.8) is 0 Å². The highest BCUT2D eigenvalue weighted by Crippen LogP contribution is 1.93. The molecule has 1 aliphatic heterocycles. The summed E-state index contributed by atoms with van der Waals surface area (Å²) in [5.74, 6) is 0. The molecule has 1 rings (SSSR count). The van der Waals surface area contributed by atoms with Crippen LogP contribution in [0.4, 0.5) is 0 Å². The third kappa shape index (κ3) is 0.769. The van der Waals surface area contributed by atoms with Gasteiger partial charge in [0.2, 0.25) is 0 Å². The minimum atomic E-state index is 0.741. The van der Waals surface area contributed by atoms with Gasteiger partial charge in [0.1, 0.15) is 12.2 Å². The molecule has 0 amide bonds. The first-order valence-corrected chi connectivity index (χ1v) is 2.02. The lowest BCUT2D eigenvalue weighted by Gasteiger charge is -1.74. The van der Waals surface area contributed by atoms with E-state index < -0.39 is 0 Å². The Bertz CT molecular complexity index is 21.2. The summed E-state index contributed by atoms with van der Waals surface area (Å²) >= 11 is 1.21. The topological polar surface area (TPSA) is 33.3 Å². The maximum Gasteiger partial charge on any atom is 0.103 e. The Hall–Kier alpha value is 0.230. The van der Waals surface area contributed by atoms with Gasteiger partial charge in [0.25, 0.3) is 0 Å². The van der Waals surface area contributed by atoms with Crippen molar-refractivity contribution in [2.24, 2.45) is 0 Å². The molecule has 30 valence electrons. The summed E-state index contributed by atoms with van der Waals surface area (Å²) in [5, 5.41) is 0. The average molecular weight is 92.1 g/mol. The molecule has 0 radical (unpaired) electrons. The van der Waals surface area contributed by atoms with Crippen molar-refractivity contribution >= 4 is 12.2 Å². The van der Waals surface area contributed by atoms with Crippen LogP contribution in [-0.2, 0) is 4.28 Å². The van der Waals surface area contributed by atoms with Gasteiger partial charge in [0, 0.05) is 0 Å². The van der Waals surface area contributed by atoms with Gasteiger partial charge in [-0.1, -0.05) is 0 Å². The van der Waals surface area contributed by atoms with Crippen LogP contribution in [-0.4, -0.2) is 6.67 Å². The number of hydroxylamine groups is 1. The van der Waals surface area contributed by atoms with Crippen molar-refractivity contribution in [3.8, 4) is 0 Å². The third-order valence-corrected chi connectivity index (χ3v) is 0.767. The normalized spacial score (nSPS) is 24.0. The first-order chi connectivity index (χ1) is 2.50. The summed E-state index contributed by atoms with van der Waals surface area (Å²) in [6, 6.07) is 0. The molecular formula is CH4N2OS. The minimum absolute atomic E-state index is 0.741. The van der Waals surface area contributed by atoms with Crippen LogP contribution in [0, 0.1) is 0 Å². The summed E-state index contributed by atoms with van der Waals surface area (Å²) < 4.78 is 7.31. The van der Waals surface area contributed by atoms with Gasteiger partial charge in [-0.05, 0) is 0 Å². The first kappa shape index (κ1) is 3.42. The number of rotatable bonds is 0. The SMILES string of the molecule is C1NOSN1. The van der Waals surface area contributed by atoms with Gasteiger partial charge in [-0.3, -0.25) is 0 Å². The van der Waals surface area contributed by atoms with Gasteiger partial charge in [0.15, 0.2) is 0 Å². The Kier molecular flexibility index (Phi) is 1.10. The molecular weight excluding hydrogens is 88.1 g/mol. The van der Waals surface area contributed by atoms with Crippen molar-refractivity contribution in [1.82, 2.24) is 10.2 Å². The monoisotopic (exact) mass is 92.0 g/mol. The lowest BCUT2D eigenvalue weighted by Crippen LogP contribution is -2.09. The van der Waals surface area contributed by atoms with E-state index in [2.05, 4.69) is 14.5 Å². The van der Waals surface area contributed by atoms with Crippen LogP contribution in [0.3, 0.4) is 0 Å². The van der Waals surface area contributed by atoms with Crippen LogP contribution in [0.15, 0.2) is 0 Å². The van der Waals surface area contributed by atoms with E-state index in [4.69, 9.17) is 0 Å². The van der Waals surface area contributed by atoms with Crippen molar-refractivity contribution in [1.29, 1.82) is 0 Å². The summed E-state index contributed by atoms with van der Waals surface area (Å²) in [5.41, 5.74) is 2.57. The highest BCUT2D eigenvalue weighted by molar-refractivity contribution is 7.92. The highest BCUT2D eigenvalue weighted by Gasteiger charge is 1.92. The predicted molar refractivity (Wildman–Crippen MR) is 19.8 cm³/mol. The second-order valence-corrected chi connectivity index (χ2v) is 1.25. The van der Waals surface area contributed by atoms with Crippen LogP contribution in [0.25, 0.3) is 0 Å². The molecule has 0 atom stereocenters. The number of hydrogen-bond acceptors (Lipinski definition) is 4. The van der Waals surface area contributed by atoms with Crippen LogP contribution in [0.1, 0.15) is 0 Å². The standard InChI is InChI=1S/CH4N2OS/c1-2-4-5-3-1/h2-3H,1H2. The molecule has 5 heavy (non-hydrogen) atoms. The Morgan fingerprint density at radius 1 is 1.80 bits per heavy atom. The van der Waals surface area contributed by atoms with Crippen molar-refractivity contribution in [3.05, 3.63) is 0 Å². The Balaban J connectivity index is 2.08. The lowest BCUT2D eigenvalue weighted by atomic mass is 11.3. The van der Waals surface area contributed by atoms with Crippen LogP contribution < -0.4 is 10.2 Å². The molecule has 0 aromatic carbocycles. The van der Waals surface area contributed by atoms with E-state index in [9.17, 15) is 0 Å². The molecule has 0 aliphatic carbocycles. The van der Waals surface area contributed by atoms with Crippen molar-refractivity contribution in [2.45, 2.75) is 0 Å². The Morgan fingerprint density at radius 3 is 3.00 bits per heavy atom. The van der Waals surface area contributed by atoms with Crippen LogP contribution in [0.5, 0.6) is 0 Å². The Labute approximate surface area is 34.4 Å². The summed E-state index contributed by atoms with van der Waals surface area (Å²) in [7, 11) is 0. The van der Waals surface area contributed by atoms with Gasteiger partial charge in [0.05, 0.1) is 6.67 Å². The second kappa shape index (κ2) is 1.61. The number of nitrogens with one attached hydrogen (secondary N) is 2. The van der Waals surface area contributed by atoms with Gasteiger partial charge in [-0.2, -0.15) is 5.48 Å². The molecule has 0 unspecified atom stereocenters. The fourth-order valence-electron chi connectivity index (χ4n) is 0.147. The average Bonchev–Trinajstić information content (AvgIpc) is 1.76. The van der Waals surface area contributed by atoms with E-state index in [1.54, 1.807) is 0 Å². The third-order valence-electron chi connectivity index (χ3n) is 0.304. The maximum absolute atomic E-state index is 4.50. The predicted octanol–water partition coefficient (Wildman–Crippen LogP) is -0.368. The zero-order valence-corrected chi connectivity index (χ0v) is 3.34. The molecule has 0 aromatic rings. The molecule has 0 bridgehead atoms. The zero-order chi connectivity index (χ0) is 3.54. The first-order valence-electron chi connectivity index (χ1n) is 1.28. The summed E-state index contributed by atoms with van der Waals surface area (Å²) in [6.07, 6.45) is 0. The molecule has 1 aliphatic rings. The summed E-state index contributed by atoms with van der Waals surface area (Å²) in [4.78, 5) is 0. The lowest BCUT2D eigenvalue weighted by molar-refractivity contribution is 0.269. The van der Waals surface area contributed by atoms with Gasteiger partial charge >= 0.3 is 0 Å². The maximum atomic E-state index is 4.50. The number of hydrogen-bond donors (Lipinski definition) is 2. The van der Waals surface area contributed by atoms with Crippen LogP contribution >= 0.6 is 12.2 Å². The highest BCUT2D eigenvalue weighted by atomic mass is 32.2. The van der Waals surface area contributed by atoms with Crippen LogP contribution in [0.2, 0.25) is 0 Å². The second-order valence-electron chi connectivity index (χ2n) is 0.632. The fourth-order valence-corrected chi connectivity index (χ4v) is 0.442. The molecule has 3 nitrogen and oxygen atoms in total. The van der Waals surface area contributed by atoms with Gasteiger partial charge in [-0.25, -0.2) is 9.01 Å². The van der Waals surface area contributed by atoms with E-state index in [-0.39, 0.29) is 0 Å². The zero-order valence-electron chi connectivity index (χ0n) is 2.52. The molecule has 1 fully saturated rings.